The number of hydrogen-bond acceptors (Lipinski definition) is 4. The molecule has 5 heteroatoms. The molecule has 1 aromatic heterocycles. The highest BCUT2D eigenvalue weighted by molar-refractivity contribution is 7.98. The summed E-state index contributed by atoms with van der Waals surface area (Å²) in [4.78, 5) is 11.8. The Balaban J connectivity index is 2.12. The Hall–Kier alpha value is -2.40. The van der Waals surface area contributed by atoms with Crippen molar-refractivity contribution in [1.82, 2.24) is 0 Å². The van der Waals surface area contributed by atoms with Gasteiger partial charge < -0.3 is 14.6 Å². The fourth-order valence-corrected chi connectivity index (χ4v) is 3.16. The Labute approximate surface area is 131 Å². The summed E-state index contributed by atoms with van der Waals surface area (Å²) in [6, 6.07) is 12.7. The van der Waals surface area contributed by atoms with E-state index in [1.54, 1.807) is 12.1 Å². The second kappa shape index (κ2) is 5.77. The van der Waals surface area contributed by atoms with Crippen LogP contribution in [0.4, 0.5) is 0 Å². The molecular formula is C17H14O4S. The van der Waals surface area contributed by atoms with Gasteiger partial charge in [0.1, 0.15) is 23.5 Å². The molecule has 112 valence electrons. The largest absolute Gasteiger partial charge is 0.508 e. The van der Waals surface area contributed by atoms with Crippen molar-refractivity contribution in [2.45, 2.75) is 11.3 Å². The predicted octanol–water partition coefficient (Wildman–Crippen LogP) is 4.15. The van der Waals surface area contributed by atoms with Crippen LogP contribution in [0, 0.1) is 0 Å². The molecule has 0 spiro atoms. The first-order chi connectivity index (χ1) is 10.6. The second-order valence-electron chi connectivity index (χ2n) is 4.89. The average Bonchev–Trinajstić information content (AvgIpc) is 2.83. The summed E-state index contributed by atoms with van der Waals surface area (Å²) in [6.07, 6.45) is 1.78. The topological polar surface area (TPSA) is 70.7 Å². The summed E-state index contributed by atoms with van der Waals surface area (Å²) in [5.41, 5.74) is 2.65. The smallest absolute Gasteiger partial charge is 0.311 e. The van der Waals surface area contributed by atoms with Gasteiger partial charge in [0.05, 0.1) is 4.90 Å². The van der Waals surface area contributed by atoms with Crippen molar-refractivity contribution in [1.29, 1.82) is 0 Å². The van der Waals surface area contributed by atoms with Crippen molar-refractivity contribution in [3.05, 3.63) is 48.2 Å². The van der Waals surface area contributed by atoms with Gasteiger partial charge in [-0.05, 0) is 41.6 Å². The monoisotopic (exact) mass is 314 g/mol. The number of carboxylic acids is 1. The van der Waals surface area contributed by atoms with E-state index in [4.69, 9.17) is 9.52 Å². The third kappa shape index (κ3) is 2.67. The van der Waals surface area contributed by atoms with Gasteiger partial charge in [0, 0.05) is 5.39 Å². The van der Waals surface area contributed by atoms with Crippen LogP contribution in [0.15, 0.2) is 51.8 Å². The van der Waals surface area contributed by atoms with E-state index < -0.39 is 5.97 Å². The highest BCUT2D eigenvalue weighted by Crippen LogP contribution is 2.36. The maximum absolute atomic E-state index is 10.9. The third-order valence-electron chi connectivity index (χ3n) is 3.43. The van der Waals surface area contributed by atoms with E-state index in [0.29, 0.717) is 11.3 Å². The van der Waals surface area contributed by atoms with E-state index in [9.17, 15) is 9.90 Å². The molecule has 0 aliphatic heterocycles. The van der Waals surface area contributed by atoms with Crippen LogP contribution in [0.5, 0.6) is 5.75 Å². The van der Waals surface area contributed by atoms with Gasteiger partial charge in [-0.2, -0.15) is 0 Å². The summed E-state index contributed by atoms with van der Waals surface area (Å²) >= 11 is 1.48. The molecule has 0 aliphatic carbocycles. The maximum Gasteiger partial charge on any atom is 0.311 e. The fraction of sp³-hybridized carbons (Fsp3) is 0.118. The zero-order chi connectivity index (χ0) is 15.7. The average molecular weight is 314 g/mol. The van der Waals surface area contributed by atoms with Gasteiger partial charge >= 0.3 is 5.97 Å². The number of rotatable bonds is 4. The number of thioether (sulfide) groups is 1. The van der Waals surface area contributed by atoms with E-state index >= 15 is 0 Å². The lowest BCUT2D eigenvalue weighted by Gasteiger charge is -2.02. The molecule has 0 radical (unpaired) electrons. The van der Waals surface area contributed by atoms with Gasteiger partial charge in [0.2, 0.25) is 0 Å². The third-order valence-corrected chi connectivity index (χ3v) is 4.28. The number of phenolic OH excluding ortho intramolecular Hbond substituents is 1. The number of hydrogen-bond donors (Lipinski definition) is 2. The molecule has 0 fully saturated rings. The molecule has 2 aromatic carbocycles. The highest BCUT2D eigenvalue weighted by atomic mass is 32.2. The van der Waals surface area contributed by atoms with Crippen LogP contribution in [-0.2, 0) is 11.2 Å². The van der Waals surface area contributed by atoms with Gasteiger partial charge in [0.25, 0.3) is 0 Å². The number of aliphatic carboxylic acids is 1. The molecule has 0 atom stereocenters. The molecule has 0 saturated carbocycles. The second-order valence-corrected chi connectivity index (χ2v) is 5.70. The summed E-state index contributed by atoms with van der Waals surface area (Å²) in [5, 5.41) is 19.3. The molecule has 0 unspecified atom stereocenters. The first-order valence-electron chi connectivity index (χ1n) is 6.69. The predicted molar refractivity (Wildman–Crippen MR) is 86.4 cm³/mol. The first kappa shape index (κ1) is 14.5. The molecule has 2 N–H and O–H groups in total. The molecule has 0 amide bonds. The number of carbonyl (C=O) groups is 1. The summed E-state index contributed by atoms with van der Waals surface area (Å²) in [5.74, 6) is -0.201. The van der Waals surface area contributed by atoms with E-state index in [2.05, 4.69) is 0 Å². The number of aromatic hydroxyl groups is 1. The van der Waals surface area contributed by atoms with Crippen LogP contribution in [0.3, 0.4) is 0 Å². The Morgan fingerprint density at radius 3 is 2.45 bits per heavy atom. The summed E-state index contributed by atoms with van der Waals surface area (Å²) in [7, 11) is 0. The maximum atomic E-state index is 10.9. The SMILES string of the molecule is CSc1c(CC(=O)O)oc2ccc(-c3ccc(O)cc3)cc12. The Morgan fingerprint density at radius 1 is 1.14 bits per heavy atom. The molecule has 0 saturated heterocycles. The Bertz CT molecular complexity index is 834. The van der Waals surface area contributed by atoms with Crippen LogP contribution in [0.25, 0.3) is 22.1 Å². The van der Waals surface area contributed by atoms with Crippen molar-refractivity contribution in [2.24, 2.45) is 0 Å². The summed E-state index contributed by atoms with van der Waals surface area (Å²) < 4.78 is 5.67. The fourth-order valence-electron chi connectivity index (χ4n) is 2.44. The minimum absolute atomic E-state index is 0.126. The van der Waals surface area contributed by atoms with Gasteiger partial charge in [0.15, 0.2) is 0 Å². The van der Waals surface area contributed by atoms with E-state index in [0.717, 1.165) is 21.4 Å². The Morgan fingerprint density at radius 2 is 1.82 bits per heavy atom. The van der Waals surface area contributed by atoms with Crippen molar-refractivity contribution in [3.8, 4) is 16.9 Å². The molecule has 0 aliphatic rings. The van der Waals surface area contributed by atoms with E-state index in [1.165, 1.54) is 11.8 Å². The standard InChI is InChI=1S/C17H14O4S/c1-22-17-13-8-11(10-2-5-12(18)6-3-10)4-7-14(13)21-15(17)9-16(19)20/h2-8,18H,9H2,1H3,(H,19,20). The molecular weight excluding hydrogens is 300 g/mol. The molecule has 1 heterocycles. The van der Waals surface area contributed by atoms with Gasteiger partial charge in [-0.3, -0.25) is 4.79 Å². The number of phenols is 1. The zero-order valence-corrected chi connectivity index (χ0v) is 12.7. The molecule has 3 rings (SSSR count). The molecule has 0 bridgehead atoms. The number of benzene rings is 2. The molecule has 3 aromatic rings. The quantitative estimate of drug-likeness (QED) is 0.708. The van der Waals surface area contributed by atoms with E-state index in [-0.39, 0.29) is 12.2 Å². The van der Waals surface area contributed by atoms with Crippen LogP contribution in [0.1, 0.15) is 5.76 Å². The summed E-state index contributed by atoms with van der Waals surface area (Å²) in [6.45, 7) is 0. The zero-order valence-electron chi connectivity index (χ0n) is 11.9. The Kier molecular flexibility index (Phi) is 3.81. The molecule has 22 heavy (non-hydrogen) atoms. The first-order valence-corrected chi connectivity index (χ1v) is 7.91. The number of carboxylic acid groups (broad SMARTS) is 1. The highest BCUT2D eigenvalue weighted by Gasteiger charge is 2.16. The van der Waals surface area contributed by atoms with Crippen LogP contribution < -0.4 is 0 Å². The van der Waals surface area contributed by atoms with Crippen molar-refractivity contribution in [3.63, 3.8) is 0 Å². The lowest BCUT2D eigenvalue weighted by Crippen LogP contribution is -1.99. The minimum Gasteiger partial charge on any atom is -0.508 e. The lowest BCUT2D eigenvalue weighted by atomic mass is 10.0. The van der Waals surface area contributed by atoms with Crippen LogP contribution in [0.2, 0.25) is 0 Å². The van der Waals surface area contributed by atoms with Crippen LogP contribution >= 0.6 is 11.8 Å². The van der Waals surface area contributed by atoms with Gasteiger partial charge in [-0.1, -0.05) is 18.2 Å². The van der Waals surface area contributed by atoms with E-state index in [1.807, 2.05) is 36.6 Å². The number of fused-ring (bicyclic) bond motifs is 1. The van der Waals surface area contributed by atoms with Crippen molar-refractivity contribution < 1.29 is 19.4 Å². The normalized spacial score (nSPS) is 11.0. The van der Waals surface area contributed by atoms with Crippen LogP contribution in [-0.4, -0.2) is 22.4 Å². The van der Waals surface area contributed by atoms with Crippen molar-refractivity contribution >= 4 is 28.7 Å². The minimum atomic E-state index is -0.909. The van der Waals surface area contributed by atoms with Crippen molar-refractivity contribution in [2.75, 3.05) is 6.26 Å². The van der Waals surface area contributed by atoms with Gasteiger partial charge in [-0.15, -0.1) is 11.8 Å². The molecule has 4 nitrogen and oxygen atoms in total. The lowest BCUT2D eigenvalue weighted by molar-refractivity contribution is -0.136. The van der Waals surface area contributed by atoms with Gasteiger partial charge in [-0.25, -0.2) is 0 Å². The number of furan rings is 1.